The minimum Gasteiger partial charge on any atom is -0.480 e. The summed E-state index contributed by atoms with van der Waals surface area (Å²) in [5.74, 6) is -0.128. The molecular formula is C16H16N2O2S. The van der Waals surface area contributed by atoms with Crippen LogP contribution in [0.4, 0.5) is 0 Å². The predicted molar refractivity (Wildman–Crippen MR) is 84.6 cm³/mol. The van der Waals surface area contributed by atoms with E-state index in [1.54, 1.807) is 11.3 Å². The van der Waals surface area contributed by atoms with Gasteiger partial charge in [0, 0.05) is 0 Å². The highest BCUT2D eigenvalue weighted by Crippen LogP contribution is 2.33. The van der Waals surface area contributed by atoms with E-state index in [9.17, 15) is 9.90 Å². The number of aromatic nitrogens is 2. The monoisotopic (exact) mass is 300 g/mol. The van der Waals surface area contributed by atoms with Crippen LogP contribution in [0.1, 0.15) is 19.9 Å². The third-order valence-corrected chi connectivity index (χ3v) is 4.37. The largest absolute Gasteiger partial charge is 0.480 e. The van der Waals surface area contributed by atoms with E-state index in [4.69, 9.17) is 0 Å². The number of fused-ring (bicyclic) bond motifs is 1. The molecule has 4 nitrogen and oxygen atoms in total. The van der Waals surface area contributed by atoms with Gasteiger partial charge in [-0.2, -0.15) is 0 Å². The summed E-state index contributed by atoms with van der Waals surface area (Å²) < 4.78 is 1.86. The van der Waals surface area contributed by atoms with Crippen LogP contribution in [0.2, 0.25) is 0 Å². The van der Waals surface area contributed by atoms with E-state index in [1.165, 1.54) is 0 Å². The number of hydrogen-bond acceptors (Lipinski definition) is 3. The number of carboxylic acids is 1. The highest BCUT2D eigenvalue weighted by atomic mass is 32.1. The van der Waals surface area contributed by atoms with Gasteiger partial charge in [-0.25, -0.2) is 9.78 Å². The van der Waals surface area contributed by atoms with Crippen LogP contribution < -0.4 is 0 Å². The Morgan fingerprint density at radius 1 is 1.24 bits per heavy atom. The Morgan fingerprint density at radius 2 is 2.00 bits per heavy atom. The molecule has 1 unspecified atom stereocenters. The number of nitrogens with zero attached hydrogens (tertiary/aromatic N) is 2. The van der Waals surface area contributed by atoms with Crippen LogP contribution in [-0.2, 0) is 4.79 Å². The van der Waals surface area contributed by atoms with Crippen molar-refractivity contribution in [1.82, 2.24) is 9.55 Å². The van der Waals surface area contributed by atoms with E-state index in [0.29, 0.717) is 0 Å². The van der Waals surface area contributed by atoms with Gasteiger partial charge in [0.05, 0.1) is 15.9 Å². The third kappa shape index (κ3) is 2.34. The Hall–Kier alpha value is -2.14. The summed E-state index contributed by atoms with van der Waals surface area (Å²) in [7, 11) is 0. The first kappa shape index (κ1) is 13.8. The first-order chi connectivity index (χ1) is 10.1. The second-order valence-corrected chi connectivity index (χ2v) is 6.25. The third-order valence-electron chi connectivity index (χ3n) is 3.50. The molecule has 0 amide bonds. The molecule has 0 radical (unpaired) electrons. The molecule has 0 aliphatic carbocycles. The Labute approximate surface area is 126 Å². The minimum absolute atomic E-state index is 0.0289. The van der Waals surface area contributed by atoms with Gasteiger partial charge in [0.2, 0.25) is 0 Å². The van der Waals surface area contributed by atoms with Crippen molar-refractivity contribution in [3.63, 3.8) is 0 Å². The number of hydrogen-bond donors (Lipinski definition) is 1. The molecule has 0 spiro atoms. The van der Waals surface area contributed by atoms with Crippen LogP contribution in [0, 0.1) is 5.92 Å². The molecule has 3 rings (SSSR count). The molecule has 0 aliphatic rings. The van der Waals surface area contributed by atoms with E-state index < -0.39 is 12.0 Å². The van der Waals surface area contributed by atoms with Crippen molar-refractivity contribution in [2.75, 3.05) is 0 Å². The van der Waals surface area contributed by atoms with Crippen molar-refractivity contribution in [2.24, 2.45) is 5.92 Å². The van der Waals surface area contributed by atoms with Gasteiger partial charge in [-0.3, -0.25) is 0 Å². The second kappa shape index (κ2) is 5.33. The summed E-state index contributed by atoms with van der Waals surface area (Å²) in [5.41, 5.74) is 1.69. The summed E-state index contributed by atoms with van der Waals surface area (Å²) in [4.78, 5) is 17.4. The van der Waals surface area contributed by atoms with Gasteiger partial charge in [0.1, 0.15) is 6.04 Å². The molecule has 1 atom stereocenters. The van der Waals surface area contributed by atoms with Crippen LogP contribution in [0.25, 0.3) is 21.7 Å². The van der Waals surface area contributed by atoms with Crippen molar-refractivity contribution in [2.45, 2.75) is 19.9 Å². The molecule has 1 N–H and O–H groups in total. The van der Waals surface area contributed by atoms with Gasteiger partial charge >= 0.3 is 5.97 Å². The molecule has 5 heteroatoms. The average Bonchev–Trinajstić information content (AvgIpc) is 3.06. The Bertz CT molecular complexity index is 775. The zero-order chi connectivity index (χ0) is 15.0. The van der Waals surface area contributed by atoms with E-state index in [0.717, 1.165) is 21.7 Å². The summed E-state index contributed by atoms with van der Waals surface area (Å²) in [6.45, 7) is 3.84. The molecule has 2 heterocycles. The van der Waals surface area contributed by atoms with Crippen LogP contribution in [0.3, 0.4) is 0 Å². The smallest absolute Gasteiger partial charge is 0.327 e. The first-order valence-corrected chi connectivity index (χ1v) is 7.71. The fraction of sp³-hybridized carbons (Fsp3) is 0.250. The summed E-state index contributed by atoms with van der Waals surface area (Å²) >= 11 is 1.57. The van der Waals surface area contributed by atoms with Gasteiger partial charge in [0.15, 0.2) is 5.82 Å². The topological polar surface area (TPSA) is 55.1 Å². The lowest BCUT2D eigenvalue weighted by atomic mass is 10.0. The average molecular weight is 300 g/mol. The van der Waals surface area contributed by atoms with Crippen LogP contribution in [0.15, 0.2) is 41.8 Å². The lowest BCUT2D eigenvalue weighted by Crippen LogP contribution is -2.24. The standard InChI is InChI=1S/C16H16N2O2S/c1-10(2)14(16(19)20)18-12-7-4-3-6-11(12)17-15(18)13-8-5-9-21-13/h3-10,14H,1-2H3,(H,19,20). The van der Waals surface area contributed by atoms with Gasteiger partial charge in [-0.1, -0.05) is 32.0 Å². The van der Waals surface area contributed by atoms with E-state index in [1.807, 2.05) is 60.2 Å². The highest BCUT2D eigenvalue weighted by Gasteiger charge is 2.28. The molecule has 0 saturated carbocycles. The Kier molecular flexibility index (Phi) is 3.51. The van der Waals surface area contributed by atoms with Gasteiger partial charge < -0.3 is 9.67 Å². The van der Waals surface area contributed by atoms with Crippen molar-refractivity contribution < 1.29 is 9.90 Å². The number of thiophene rings is 1. The van der Waals surface area contributed by atoms with Gasteiger partial charge in [0.25, 0.3) is 0 Å². The molecule has 0 aliphatic heterocycles. The molecule has 108 valence electrons. The molecule has 0 saturated heterocycles. The predicted octanol–water partition coefficient (Wildman–Crippen LogP) is 4.05. The normalized spacial score (nSPS) is 12.9. The summed E-state index contributed by atoms with van der Waals surface area (Å²) in [6.07, 6.45) is 0. The van der Waals surface area contributed by atoms with Crippen molar-refractivity contribution in [3.8, 4) is 10.7 Å². The number of carbonyl (C=O) groups is 1. The number of carboxylic acid groups (broad SMARTS) is 1. The molecule has 2 aromatic heterocycles. The second-order valence-electron chi connectivity index (χ2n) is 5.30. The number of imidazole rings is 1. The van der Waals surface area contributed by atoms with Crippen molar-refractivity contribution in [3.05, 3.63) is 41.8 Å². The zero-order valence-electron chi connectivity index (χ0n) is 11.9. The maximum absolute atomic E-state index is 11.8. The first-order valence-electron chi connectivity index (χ1n) is 6.83. The SMILES string of the molecule is CC(C)C(C(=O)O)n1c(-c2cccs2)nc2ccccc21. The van der Waals surface area contributed by atoms with E-state index >= 15 is 0 Å². The fourth-order valence-corrected chi connectivity index (χ4v) is 3.31. The minimum atomic E-state index is -0.828. The zero-order valence-corrected chi connectivity index (χ0v) is 12.7. The van der Waals surface area contributed by atoms with Crippen molar-refractivity contribution in [1.29, 1.82) is 0 Å². The quantitative estimate of drug-likeness (QED) is 0.791. The summed E-state index contributed by atoms with van der Waals surface area (Å²) in [5, 5.41) is 11.6. The maximum Gasteiger partial charge on any atom is 0.327 e. The highest BCUT2D eigenvalue weighted by molar-refractivity contribution is 7.13. The number of rotatable bonds is 4. The molecule has 0 bridgehead atoms. The van der Waals surface area contributed by atoms with E-state index in [-0.39, 0.29) is 5.92 Å². The van der Waals surface area contributed by atoms with E-state index in [2.05, 4.69) is 4.98 Å². The Morgan fingerprint density at radius 3 is 2.62 bits per heavy atom. The molecule has 21 heavy (non-hydrogen) atoms. The van der Waals surface area contributed by atoms with Crippen molar-refractivity contribution >= 4 is 28.3 Å². The lowest BCUT2D eigenvalue weighted by molar-refractivity contribution is -0.142. The van der Waals surface area contributed by atoms with Crippen LogP contribution >= 0.6 is 11.3 Å². The van der Waals surface area contributed by atoms with Crippen LogP contribution in [-0.4, -0.2) is 20.6 Å². The number of para-hydroxylation sites is 2. The fourth-order valence-electron chi connectivity index (χ4n) is 2.60. The van der Waals surface area contributed by atoms with Gasteiger partial charge in [-0.15, -0.1) is 11.3 Å². The number of benzene rings is 1. The molecule has 1 aromatic carbocycles. The lowest BCUT2D eigenvalue weighted by Gasteiger charge is -2.21. The van der Waals surface area contributed by atoms with Crippen LogP contribution in [0.5, 0.6) is 0 Å². The number of aliphatic carboxylic acids is 1. The summed E-state index contributed by atoms with van der Waals surface area (Å²) in [6, 6.07) is 11.0. The molecule has 0 fully saturated rings. The maximum atomic E-state index is 11.8. The Balaban J connectivity index is 2.32. The van der Waals surface area contributed by atoms with Gasteiger partial charge in [-0.05, 0) is 29.5 Å². The molecular weight excluding hydrogens is 284 g/mol. The molecule has 3 aromatic rings.